The molecule has 0 aliphatic carbocycles. The lowest BCUT2D eigenvalue weighted by Crippen LogP contribution is -2.36. The van der Waals surface area contributed by atoms with Gasteiger partial charge in [0.2, 0.25) is 0 Å². The zero-order valence-corrected chi connectivity index (χ0v) is 14.7. The van der Waals surface area contributed by atoms with Crippen molar-refractivity contribution in [3.63, 3.8) is 0 Å². The first kappa shape index (κ1) is 15.4. The highest BCUT2D eigenvalue weighted by atomic mass is 79.9. The molecule has 0 saturated heterocycles. The Labute approximate surface area is 138 Å². The lowest BCUT2D eigenvalue weighted by molar-refractivity contribution is 0.0237. The number of ether oxygens (including phenoxy) is 1. The zero-order valence-electron chi connectivity index (χ0n) is 13.1. The molecule has 0 fully saturated rings. The van der Waals surface area contributed by atoms with Crippen molar-refractivity contribution in [2.75, 3.05) is 6.54 Å². The first-order chi connectivity index (χ1) is 10.3. The Morgan fingerprint density at radius 1 is 1.36 bits per heavy atom. The van der Waals surface area contributed by atoms with Crippen LogP contribution in [0.1, 0.15) is 38.5 Å². The summed E-state index contributed by atoms with van der Waals surface area (Å²) in [7, 11) is 0. The van der Waals surface area contributed by atoms with Crippen molar-refractivity contribution < 1.29 is 13.9 Å². The molecule has 3 rings (SSSR count). The number of hydrogen-bond donors (Lipinski definition) is 0. The lowest BCUT2D eigenvalue weighted by Gasteiger charge is -2.26. The largest absolute Gasteiger partial charge is 0.461 e. The molecule has 22 heavy (non-hydrogen) atoms. The Morgan fingerprint density at radius 2 is 2.14 bits per heavy atom. The van der Waals surface area contributed by atoms with Crippen LogP contribution in [0.5, 0.6) is 0 Å². The molecule has 0 unspecified atom stereocenters. The Balaban J connectivity index is 1.93. The van der Waals surface area contributed by atoms with Gasteiger partial charge in [-0.25, -0.2) is 4.79 Å². The molecule has 1 aromatic heterocycles. The number of benzene rings is 1. The molecular formula is C17H20BrNO3. The third-order valence-corrected chi connectivity index (χ3v) is 4.16. The van der Waals surface area contributed by atoms with E-state index in [0.29, 0.717) is 13.1 Å². The fourth-order valence-corrected chi connectivity index (χ4v) is 3.09. The van der Waals surface area contributed by atoms with Crippen molar-refractivity contribution in [1.82, 2.24) is 4.90 Å². The summed E-state index contributed by atoms with van der Waals surface area (Å²) < 4.78 is 12.5. The monoisotopic (exact) mass is 365 g/mol. The van der Waals surface area contributed by atoms with E-state index in [-0.39, 0.29) is 6.09 Å². The average molecular weight is 366 g/mol. The van der Waals surface area contributed by atoms with E-state index in [9.17, 15) is 4.79 Å². The molecule has 0 saturated carbocycles. The van der Waals surface area contributed by atoms with Gasteiger partial charge in [-0.1, -0.05) is 15.9 Å². The molecule has 2 heterocycles. The number of fused-ring (bicyclic) bond motifs is 3. The summed E-state index contributed by atoms with van der Waals surface area (Å²) >= 11 is 3.50. The van der Waals surface area contributed by atoms with Crippen LogP contribution in [-0.4, -0.2) is 23.1 Å². The Kier molecular flexibility index (Phi) is 3.93. The molecule has 2 aromatic rings. The van der Waals surface area contributed by atoms with E-state index < -0.39 is 5.60 Å². The van der Waals surface area contributed by atoms with Crippen LogP contribution in [0.15, 0.2) is 27.1 Å². The van der Waals surface area contributed by atoms with Crippen LogP contribution in [0.25, 0.3) is 11.0 Å². The predicted molar refractivity (Wildman–Crippen MR) is 88.9 cm³/mol. The second-order valence-electron chi connectivity index (χ2n) is 6.65. The van der Waals surface area contributed by atoms with Crippen molar-refractivity contribution >= 4 is 33.0 Å². The quantitative estimate of drug-likeness (QED) is 0.668. The SMILES string of the molecule is CC(C)(C)OC(=O)N1CCCc2oc3ccc(Br)cc3c2C1. The maximum atomic E-state index is 12.4. The van der Waals surface area contributed by atoms with E-state index in [1.54, 1.807) is 4.90 Å². The van der Waals surface area contributed by atoms with Gasteiger partial charge in [0.25, 0.3) is 0 Å². The molecule has 1 aliphatic rings. The standard InChI is InChI=1S/C17H20BrNO3/c1-17(2,3)22-16(20)19-8-4-5-14-13(10-19)12-9-11(18)6-7-15(12)21-14/h6-7,9H,4-5,8,10H2,1-3H3. The minimum absolute atomic E-state index is 0.260. The summed E-state index contributed by atoms with van der Waals surface area (Å²) in [6, 6.07) is 5.99. The van der Waals surface area contributed by atoms with Crippen LogP contribution < -0.4 is 0 Å². The highest BCUT2D eigenvalue weighted by molar-refractivity contribution is 9.10. The number of carbonyl (C=O) groups excluding carboxylic acids is 1. The van der Waals surface area contributed by atoms with Gasteiger partial charge in [0.05, 0.1) is 6.54 Å². The summed E-state index contributed by atoms with van der Waals surface area (Å²) in [5.41, 5.74) is 1.49. The second kappa shape index (κ2) is 5.61. The fraction of sp³-hybridized carbons (Fsp3) is 0.471. The van der Waals surface area contributed by atoms with Gasteiger partial charge in [0.15, 0.2) is 0 Å². The van der Waals surface area contributed by atoms with Gasteiger partial charge in [-0.2, -0.15) is 0 Å². The molecule has 0 spiro atoms. The maximum absolute atomic E-state index is 12.4. The molecule has 0 atom stereocenters. The molecule has 118 valence electrons. The number of carbonyl (C=O) groups is 1. The summed E-state index contributed by atoms with van der Waals surface area (Å²) in [4.78, 5) is 14.1. The van der Waals surface area contributed by atoms with E-state index in [2.05, 4.69) is 22.0 Å². The number of amides is 1. The first-order valence-corrected chi connectivity index (χ1v) is 8.30. The van der Waals surface area contributed by atoms with Crippen LogP contribution in [-0.2, 0) is 17.7 Å². The third kappa shape index (κ3) is 3.14. The highest BCUT2D eigenvalue weighted by Crippen LogP contribution is 2.32. The van der Waals surface area contributed by atoms with Crippen LogP contribution in [0.3, 0.4) is 0 Å². The lowest BCUT2D eigenvalue weighted by atomic mass is 10.1. The Hall–Kier alpha value is -1.49. The molecule has 1 amide bonds. The molecular weight excluding hydrogens is 346 g/mol. The van der Waals surface area contributed by atoms with E-state index in [4.69, 9.17) is 9.15 Å². The summed E-state index contributed by atoms with van der Waals surface area (Å²) in [6.07, 6.45) is 1.47. The molecule has 1 aliphatic heterocycles. The number of rotatable bonds is 0. The summed E-state index contributed by atoms with van der Waals surface area (Å²) in [6.45, 7) is 6.89. The van der Waals surface area contributed by atoms with Crippen LogP contribution in [0, 0.1) is 0 Å². The molecule has 0 bridgehead atoms. The molecule has 0 radical (unpaired) electrons. The van der Waals surface area contributed by atoms with Gasteiger partial charge in [-0.15, -0.1) is 0 Å². The maximum Gasteiger partial charge on any atom is 0.410 e. The van der Waals surface area contributed by atoms with E-state index in [0.717, 1.165) is 39.6 Å². The fourth-order valence-electron chi connectivity index (χ4n) is 2.73. The highest BCUT2D eigenvalue weighted by Gasteiger charge is 2.27. The van der Waals surface area contributed by atoms with E-state index in [1.807, 2.05) is 32.9 Å². The van der Waals surface area contributed by atoms with Gasteiger partial charge in [0, 0.05) is 28.4 Å². The molecule has 0 N–H and O–H groups in total. The topological polar surface area (TPSA) is 42.7 Å². The van der Waals surface area contributed by atoms with Gasteiger partial charge in [0.1, 0.15) is 16.9 Å². The number of halogens is 1. The minimum Gasteiger partial charge on any atom is -0.461 e. The van der Waals surface area contributed by atoms with Crippen molar-refractivity contribution in [2.45, 2.75) is 45.8 Å². The van der Waals surface area contributed by atoms with Gasteiger partial charge < -0.3 is 14.1 Å². The van der Waals surface area contributed by atoms with Crippen molar-refractivity contribution in [3.8, 4) is 0 Å². The van der Waals surface area contributed by atoms with Gasteiger partial charge in [-0.3, -0.25) is 0 Å². The molecule has 5 heteroatoms. The summed E-state index contributed by atoms with van der Waals surface area (Å²) in [5, 5.41) is 1.07. The second-order valence-corrected chi connectivity index (χ2v) is 7.57. The van der Waals surface area contributed by atoms with Crippen LogP contribution in [0.4, 0.5) is 4.79 Å². The van der Waals surface area contributed by atoms with E-state index >= 15 is 0 Å². The van der Waals surface area contributed by atoms with Crippen molar-refractivity contribution in [2.24, 2.45) is 0 Å². The Morgan fingerprint density at radius 3 is 2.86 bits per heavy atom. The average Bonchev–Trinajstić information content (AvgIpc) is 2.61. The third-order valence-electron chi connectivity index (χ3n) is 3.67. The molecule has 4 nitrogen and oxygen atoms in total. The van der Waals surface area contributed by atoms with Crippen LogP contribution >= 0.6 is 15.9 Å². The molecule has 1 aromatic carbocycles. The van der Waals surface area contributed by atoms with Crippen molar-refractivity contribution in [1.29, 1.82) is 0 Å². The van der Waals surface area contributed by atoms with Gasteiger partial charge in [-0.05, 0) is 45.4 Å². The van der Waals surface area contributed by atoms with Crippen LogP contribution in [0.2, 0.25) is 0 Å². The number of hydrogen-bond acceptors (Lipinski definition) is 3. The summed E-state index contributed by atoms with van der Waals surface area (Å²) in [5.74, 6) is 0.985. The van der Waals surface area contributed by atoms with Gasteiger partial charge >= 0.3 is 6.09 Å². The normalized spacial score (nSPS) is 15.5. The number of furan rings is 1. The minimum atomic E-state index is -0.478. The smallest absolute Gasteiger partial charge is 0.410 e. The van der Waals surface area contributed by atoms with E-state index in [1.165, 1.54) is 0 Å². The number of aryl methyl sites for hydroxylation is 1. The zero-order chi connectivity index (χ0) is 15.9. The van der Waals surface area contributed by atoms with Crippen molar-refractivity contribution in [3.05, 3.63) is 34.0 Å². The predicted octanol–water partition coefficient (Wildman–Crippen LogP) is 4.88. The Bertz CT molecular complexity index is 714. The number of nitrogens with zero attached hydrogens (tertiary/aromatic N) is 1. The first-order valence-electron chi connectivity index (χ1n) is 7.51.